The number of benzene rings is 5. The van der Waals surface area contributed by atoms with E-state index in [4.69, 9.17) is 0 Å². The fraction of sp³-hybridized carbons (Fsp3) is 0.318. The second kappa shape index (κ2) is 12.0. The van der Waals surface area contributed by atoms with E-state index in [-0.39, 0.29) is 17.5 Å². The average molecular weight is 687 g/mol. The monoisotopic (exact) mass is 686 g/mol. The molecule has 260 valence electrons. The van der Waals surface area contributed by atoms with Gasteiger partial charge < -0.3 is 9.80 Å². The summed E-state index contributed by atoms with van der Waals surface area (Å²) in [5.41, 5.74) is 10.9. The molecular weight excluding hydrogens is 643 g/mol. The molecule has 1 saturated carbocycles. The minimum Gasteiger partial charge on any atom is -0.311 e. The Morgan fingerprint density at radius 3 is 1.37 bits per heavy atom. The third-order valence-electron chi connectivity index (χ3n) is 11.2. The first-order chi connectivity index (χ1) is 24.2. The van der Waals surface area contributed by atoms with Crippen LogP contribution in [0.1, 0.15) is 96.3 Å². The quantitative estimate of drug-likeness (QED) is 0.135. The summed E-state index contributed by atoms with van der Waals surface area (Å²) in [5, 5.41) is 0. The standard InChI is InChI=1S/C44H43BF4N2/c1-43(2,3)28-12-18-38-32(22-28)45-33-23-29(44(4,5)6)13-19-39(33)51(31-15-17-35(47)37(49)25-31)41-21-27(26-10-8-7-9-11-26)20-40(42(41)45)50(38)30-14-16-34(46)36(48)24-30/h12-26H,7-11H2,1-6H3. The van der Waals surface area contributed by atoms with Crippen LogP contribution in [0.5, 0.6) is 0 Å². The van der Waals surface area contributed by atoms with E-state index in [0.717, 1.165) is 81.5 Å². The highest BCUT2D eigenvalue weighted by Gasteiger charge is 2.45. The number of hydrogen-bond donors (Lipinski definition) is 0. The van der Waals surface area contributed by atoms with Crippen molar-refractivity contribution >= 4 is 57.2 Å². The van der Waals surface area contributed by atoms with Crippen LogP contribution >= 0.6 is 0 Å². The van der Waals surface area contributed by atoms with E-state index in [2.05, 4.69) is 99.9 Å². The van der Waals surface area contributed by atoms with E-state index < -0.39 is 23.3 Å². The number of fused-ring (bicyclic) bond motifs is 4. The van der Waals surface area contributed by atoms with Crippen molar-refractivity contribution in [1.82, 2.24) is 0 Å². The van der Waals surface area contributed by atoms with Gasteiger partial charge in [0.1, 0.15) is 0 Å². The highest BCUT2D eigenvalue weighted by Crippen LogP contribution is 2.47. The van der Waals surface area contributed by atoms with Crippen LogP contribution in [-0.2, 0) is 10.8 Å². The van der Waals surface area contributed by atoms with Crippen LogP contribution in [0.15, 0.2) is 84.9 Å². The summed E-state index contributed by atoms with van der Waals surface area (Å²) < 4.78 is 59.2. The summed E-state index contributed by atoms with van der Waals surface area (Å²) in [6, 6.07) is 25.8. The molecule has 2 heterocycles. The van der Waals surface area contributed by atoms with Crippen molar-refractivity contribution in [1.29, 1.82) is 0 Å². The summed E-state index contributed by atoms with van der Waals surface area (Å²) in [4.78, 5) is 4.15. The first kappa shape index (κ1) is 33.6. The van der Waals surface area contributed by atoms with E-state index in [0.29, 0.717) is 17.3 Å². The van der Waals surface area contributed by atoms with Gasteiger partial charge >= 0.3 is 0 Å². The van der Waals surface area contributed by atoms with Crippen LogP contribution < -0.4 is 26.2 Å². The van der Waals surface area contributed by atoms with E-state index >= 15 is 8.78 Å². The molecule has 0 saturated heterocycles. The minimum atomic E-state index is -0.914. The fourth-order valence-corrected chi connectivity index (χ4v) is 8.44. The molecule has 5 aromatic rings. The molecular formula is C44H43BF4N2. The van der Waals surface area contributed by atoms with E-state index in [1.54, 1.807) is 12.1 Å². The van der Waals surface area contributed by atoms with Crippen LogP contribution in [0.3, 0.4) is 0 Å². The first-order valence-electron chi connectivity index (χ1n) is 18.2. The van der Waals surface area contributed by atoms with Gasteiger partial charge in [-0.05, 0) is 111 Å². The molecule has 0 radical (unpaired) electrons. The van der Waals surface area contributed by atoms with Crippen molar-refractivity contribution in [2.75, 3.05) is 9.80 Å². The zero-order chi connectivity index (χ0) is 36.0. The number of rotatable bonds is 3. The van der Waals surface area contributed by atoms with E-state index in [1.165, 1.54) is 30.7 Å². The topological polar surface area (TPSA) is 6.48 Å². The van der Waals surface area contributed by atoms with Crippen molar-refractivity contribution in [2.24, 2.45) is 0 Å². The molecule has 0 unspecified atom stereocenters. The summed E-state index contributed by atoms with van der Waals surface area (Å²) in [7, 11) is 0. The van der Waals surface area contributed by atoms with Crippen molar-refractivity contribution in [3.05, 3.63) is 125 Å². The summed E-state index contributed by atoms with van der Waals surface area (Å²) in [5.74, 6) is -3.32. The lowest BCUT2D eigenvalue weighted by Gasteiger charge is -2.45. The third-order valence-corrected chi connectivity index (χ3v) is 11.2. The molecule has 1 fully saturated rings. The number of halogens is 4. The van der Waals surface area contributed by atoms with Crippen LogP contribution in [0.2, 0.25) is 0 Å². The summed E-state index contributed by atoms with van der Waals surface area (Å²) in [6.45, 7) is 12.9. The molecule has 0 atom stereocenters. The summed E-state index contributed by atoms with van der Waals surface area (Å²) in [6.07, 6.45) is 5.57. The minimum absolute atomic E-state index is 0.155. The van der Waals surface area contributed by atoms with Crippen molar-refractivity contribution in [2.45, 2.75) is 90.4 Å². The molecule has 0 amide bonds. The number of anilines is 6. The highest BCUT2D eigenvalue weighted by molar-refractivity contribution is 7.00. The normalized spacial score (nSPS) is 15.8. The van der Waals surface area contributed by atoms with Crippen LogP contribution in [-0.4, -0.2) is 6.71 Å². The van der Waals surface area contributed by atoms with Crippen LogP contribution in [0.4, 0.5) is 51.7 Å². The molecule has 8 rings (SSSR count). The molecule has 1 aliphatic carbocycles. The summed E-state index contributed by atoms with van der Waals surface area (Å²) >= 11 is 0. The number of hydrogen-bond acceptors (Lipinski definition) is 2. The van der Waals surface area contributed by atoms with Gasteiger partial charge in [-0.25, -0.2) is 17.6 Å². The maximum atomic E-state index is 15.1. The molecule has 3 aliphatic rings. The lowest BCUT2D eigenvalue weighted by Crippen LogP contribution is -2.61. The molecule has 51 heavy (non-hydrogen) atoms. The Hall–Kier alpha value is -4.52. The second-order valence-electron chi connectivity index (χ2n) is 16.7. The molecule has 7 heteroatoms. The van der Waals surface area contributed by atoms with Crippen molar-refractivity contribution in [3.8, 4) is 0 Å². The Morgan fingerprint density at radius 1 is 0.510 bits per heavy atom. The zero-order valence-electron chi connectivity index (χ0n) is 30.2. The maximum Gasteiger partial charge on any atom is 0.252 e. The molecule has 0 bridgehead atoms. The van der Waals surface area contributed by atoms with Crippen LogP contribution in [0, 0.1) is 23.3 Å². The number of nitrogens with zero attached hydrogens (tertiary/aromatic N) is 2. The first-order valence-corrected chi connectivity index (χ1v) is 18.2. The third kappa shape index (κ3) is 5.64. The smallest absolute Gasteiger partial charge is 0.252 e. The molecule has 2 aliphatic heterocycles. The molecule has 0 N–H and O–H groups in total. The molecule has 0 spiro atoms. The van der Waals surface area contributed by atoms with E-state index in [1.807, 2.05) is 0 Å². The zero-order valence-corrected chi connectivity index (χ0v) is 30.2. The Kier molecular flexibility index (Phi) is 7.93. The SMILES string of the molecule is CC(C)(C)c1ccc2c(c1)B1c3cc(C(C)(C)C)ccc3N(c3ccc(F)c(F)c3)c3cc(C4CCCCC4)cc(c31)N2c1ccc(F)c(F)c1. The van der Waals surface area contributed by atoms with Crippen molar-refractivity contribution < 1.29 is 17.6 Å². The van der Waals surface area contributed by atoms with Gasteiger partial charge in [-0.1, -0.05) is 85.1 Å². The van der Waals surface area contributed by atoms with Gasteiger partial charge in [0.2, 0.25) is 0 Å². The molecule has 0 aromatic heterocycles. The Morgan fingerprint density at radius 2 is 0.961 bits per heavy atom. The van der Waals surface area contributed by atoms with Crippen molar-refractivity contribution in [3.63, 3.8) is 0 Å². The fourth-order valence-electron chi connectivity index (χ4n) is 8.44. The predicted octanol–water partition coefficient (Wildman–Crippen LogP) is 11.0. The van der Waals surface area contributed by atoms with Gasteiger partial charge in [0.15, 0.2) is 23.3 Å². The lowest BCUT2D eigenvalue weighted by molar-refractivity contribution is 0.444. The Bertz CT molecular complexity index is 2050. The van der Waals surface area contributed by atoms with Gasteiger partial charge in [-0.15, -0.1) is 0 Å². The highest BCUT2D eigenvalue weighted by atomic mass is 19.2. The van der Waals surface area contributed by atoms with Crippen LogP contribution in [0.25, 0.3) is 0 Å². The Balaban J connectivity index is 1.51. The van der Waals surface area contributed by atoms with Gasteiger partial charge in [-0.3, -0.25) is 0 Å². The van der Waals surface area contributed by atoms with Gasteiger partial charge in [-0.2, -0.15) is 0 Å². The lowest BCUT2D eigenvalue weighted by atomic mass is 9.33. The maximum absolute atomic E-state index is 15.1. The molecule has 5 aromatic carbocycles. The predicted molar refractivity (Wildman–Crippen MR) is 204 cm³/mol. The van der Waals surface area contributed by atoms with E-state index in [9.17, 15) is 8.78 Å². The Labute approximate surface area is 299 Å². The second-order valence-corrected chi connectivity index (χ2v) is 16.7. The average Bonchev–Trinajstić information content (AvgIpc) is 3.09. The largest absolute Gasteiger partial charge is 0.311 e. The van der Waals surface area contributed by atoms with Gasteiger partial charge in [0, 0.05) is 46.3 Å². The molecule has 2 nitrogen and oxygen atoms in total. The van der Waals surface area contributed by atoms with Gasteiger partial charge in [0.05, 0.1) is 0 Å². The van der Waals surface area contributed by atoms with Gasteiger partial charge in [0.25, 0.3) is 6.71 Å².